The lowest BCUT2D eigenvalue weighted by atomic mass is 10.3. The Morgan fingerprint density at radius 2 is 2.08 bits per heavy atom. The third kappa shape index (κ3) is 3.46. The highest BCUT2D eigenvalue weighted by Crippen LogP contribution is 2.23. The van der Waals surface area contributed by atoms with Gasteiger partial charge >= 0.3 is 0 Å². The van der Waals surface area contributed by atoms with Gasteiger partial charge in [-0.15, -0.1) is 10.2 Å². The largest absolute Gasteiger partial charge is 0.472 e. The minimum atomic E-state index is -3.53. The summed E-state index contributed by atoms with van der Waals surface area (Å²) in [5, 5.41) is 8.06. The first-order chi connectivity index (χ1) is 11.5. The minimum absolute atomic E-state index is 0.195. The van der Waals surface area contributed by atoms with Crippen molar-refractivity contribution in [3.8, 4) is 5.88 Å². The third-order valence-corrected chi connectivity index (χ3v) is 5.60. The SMILES string of the molecule is CN(C)c1ccc(O[C@@H]2CCN(S(=O)(=O)c3cccnc3)C2)nn1. The zero-order valence-electron chi connectivity index (χ0n) is 13.5. The van der Waals surface area contributed by atoms with Gasteiger partial charge in [-0.05, 0) is 24.6 Å². The van der Waals surface area contributed by atoms with E-state index in [0.29, 0.717) is 18.8 Å². The van der Waals surface area contributed by atoms with Gasteiger partial charge < -0.3 is 9.64 Å². The van der Waals surface area contributed by atoms with Crippen molar-refractivity contribution < 1.29 is 13.2 Å². The van der Waals surface area contributed by atoms with Crippen LogP contribution in [0.15, 0.2) is 41.6 Å². The molecule has 0 bridgehead atoms. The molecule has 24 heavy (non-hydrogen) atoms. The van der Waals surface area contributed by atoms with Gasteiger partial charge in [0, 0.05) is 39.1 Å². The highest BCUT2D eigenvalue weighted by Gasteiger charge is 2.34. The van der Waals surface area contributed by atoms with Gasteiger partial charge in [-0.3, -0.25) is 4.98 Å². The summed E-state index contributed by atoms with van der Waals surface area (Å²) in [6.07, 6.45) is 3.27. The summed E-state index contributed by atoms with van der Waals surface area (Å²) in [6, 6.07) is 6.70. The first kappa shape index (κ1) is 16.6. The van der Waals surface area contributed by atoms with Crippen LogP contribution in [0.25, 0.3) is 0 Å². The molecule has 3 heterocycles. The summed E-state index contributed by atoms with van der Waals surface area (Å²) < 4.78 is 32.3. The number of anilines is 1. The predicted octanol–water partition coefficient (Wildman–Crippen LogP) is 0.780. The summed E-state index contributed by atoms with van der Waals surface area (Å²) in [7, 11) is 0.222. The van der Waals surface area contributed by atoms with Crippen molar-refractivity contribution in [3.63, 3.8) is 0 Å². The monoisotopic (exact) mass is 349 g/mol. The van der Waals surface area contributed by atoms with Gasteiger partial charge in [-0.25, -0.2) is 8.42 Å². The van der Waals surface area contributed by atoms with Crippen molar-refractivity contribution in [2.75, 3.05) is 32.1 Å². The molecule has 0 radical (unpaired) electrons. The molecule has 1 fully saturated rings. The van der Waals surface area contributed by atoms with E-state index in [-0.39, 0.29) is 17.5 Å². The van der Waals surface area contributed by atoms with Crippen LogP contribution in [0, 0.1) is 0 Å². The van der Waals surface area contributed by atoms with Gasteiger partial charge in [0.2, 0.25) is 15.9 Å². The highest BCUT2D eigenvalue weighted by atomic mass is 32.2. The van der Waals surface area contributed by atoms with Crippen LogP contribution < -0.4 is 9.64 Å². The molecular weight excluding hydrogens is 330 g/mol. The Morgan fingerprint density at radius 3 is 2.71 bits per heavy atom. The second-order valence-electron chi connectivity index (χ2n) is 5.70. The van der Waals surface area contributed by atoms with E-state index in [9.17, 15) is 8.42 Å². The zero-order valence-corrected chi connectivity index (χ0v) is 14.3. The molecule has 0 aromatic carbocycles. The fourth-order valence-electron chi connectivity index (χ4n) is 2.45. The summed E-state index contributed by atoms with van der Waals surface area (Å²) in [4.78, 5) is 5.91. The van der Waals surface area contributed by atoms with Crippen molar-refractivity contribution in [1.29, 1.82) is 0 Å². The van der Waals surface area contributed by atoms with E-state index in [1.165, 1.54) is 10.5 Å². The van der Waals surface area contributed by atoms with Gasteiger partial charge in [0.05, 0.1) is 6.54 Å². The number of pyridine rings is 1. The number of sulfonamides is 1. The molecule has 1 aliphatic rings. The molecule has 9 heteroatoms. The minimum Gasteiger partial charge on any atom is -0.472 e. The lowest BCUT2D eigenvalue weighted by molar-refractivity contribution is 0.204. The maximum Gasteiger partial charge on any atom is 0.244 e. The van der Waals surface area contributed by atoms with Crippen LogP contribution >= 0.6 is 0 Å². The maximum atomic E-state index is 12.5. The van der Waals surface area contributed by atoms with Crippen LogP contribution in [0.2, 0.25) is 0 Å². The molecule has 2 aromatic rings. The zero-order chi connectivity index (χ0) is 17.2. The van der Waals surface area contributed by atoms with Gasteiger partial charge in [0.25, 0.3) is 0 Å². The maximum absolute atomic E-state index is 12.5. The third-order valence-electron chi connectivity index (χ3n) is 3.75. The summed E-state index contributed by atoms with van der Waals surface area (Å²) in [5.41, 5.74) is 0. The van der Waals surface area contributed by atoms with Gasteiger partial charge in [0.15, 0.2) is 5.82 Å². The van der Waals surface area contributed by atoms with E-state index in [2.05, 4.69) is 15.2 Å². The molecular formula is C15H19N5O3S. The van der Waals surface area contributed by atoms with E-state index >= 15 is 0 Å². The Hall–Kier alpha value is -2.26. The number of nitrogens with zero attached hydrogens (tertiary/aromatic N) is 5. The second-order valence-corrected chi connectivity index (χ2v) is 7.64. The second kappa shape index (κ2) is 6.70. The van der Waals surface area contributed by atoms with Crippen molar-refractivity contribution in [2.24, 2.45) is 0 Å². The fraction of sp³-hybridized carbons (Fsp3) is 0.400. The molecule has 8 nitrogen and oxygen atoms in total. The van der Waals surface area contributed by atoms with E-state index in [0.717, 1.165) is 5.82 Å². The standard InChI is InChI=1S/C15H19N5O3S/c1-19(2)14-5-6-15(18-17-14)23-12-7-9-20(11-12)24(21,22)13-4-3-8-16-10-13/h3-6,8,10,12H,7,9,11H2,1-2H3/t12-/m1/s1. The molecule has 0 saturated carbocycles. The lowest BCUT2D eigenvalue weighted by Crippen LogP contribution is -2.31. The van der Waals surface area contributed by atoms with Crippen LogP contribution in [-0.4, -0.2) is 61.2 Å². The molecule has 1 atom stereocenters. The number of aromatic nitrogens is 3. The van der Waals surface area contributed by atoms with E-state index in [4.69, 9.17) is 4.74 Å². The van der Waals surface area contributed by atoms with Gasteiger partial charge in [0.1, 0.15) is 11.0 Å². The Bertz CT molecular complexity index is 781. The number of hydrogen-bond donors (Lipinski definition) is 0. The Labute approximate surface area is 141 Å². The average Bonchev–Trinajstić information content (AvgIpc) is 3.05. The number of hydrogen-bond acceptors (Lipinski definition) is 7. The molecule has 0 amide bonds. The first-order valence-electron chi connectivity index (χ1n) is 7.55. The lowest BCUT2D eigenvalue weighted by Gasteiger charge is -2.17. The fourth-order valence-corrected chi connectivity index (χ4v) is 3.90. The molecule has 0 spiro atoms. The molecule has 2 aromatic heterocycles. The van der Waals surface area contributed by atoms with Crippen LogP contribution in [0.1, 0.15) is 6.42 Å². The molecule has 1 aliphatic heterocycles. The van der Waals surface area contributed by atoms with Crippen molar-refractivity contribution in [2.45, 2.75) is 17.4 Å². The van der Waals surface area contributed by atoms with Gasteiger partial charge in [-0.2, -0.15) is 4.31 Å². The quantitative estimate of drug-likeness (QED) is 0.788. The van der Waals surface area contributed by atoms with Crippen LogP contribution in [0.5, 0.6) is 5.88 Å². The molecule has 128 valence electrons. The van der Waals surface area contributed by atoms with Crippen molar-refractivity contribution >= 4 is 15.8 Å². The normalized spacial score (nSPS) is 18.5. The Kier molecular flexibility index (Phi) is 4.63. The molecule has 0 unspecified atom stereocenters. The van der Waals surface area contributed by atoms with Crippen LogP contribution in [-0.2, 0) is 10.0 Å². The van der Waals surface area contributed by atoms with Gasteiger partial charge in [-0.1, -0.05) is 0 Å². The Balaban J connectivity index is 1.65. The van der Waals surface area contributed by atoms with E-state index in [1.807, 2.05) is 19.0 Å². The first-order valence-corrected chi connectivity index (χ1v) is 8.99. The number of rotatable bonds is 5. The van der Waals surface area contributed by atoms with E-state index < -0.39 is 10.0 Å². The van der Waals surface area contributed by atoms with E-state index in [1.54, 1.807) is 30.5 Å². The summed E-state index contributed by atoms with van der Waals surface area (Å²) in [5.74, 6) is 1.13. The van der Waals surface area contributed by atoms with Crippen LogP contribution in [0.3, 0.4) is 0 Å². The molecule has 1 saturated heterocycles. The topological polar surface area (TPSA) is 88.5 Å². The summed E-state index contributed by atoms with van der Waals surface area (Å²) in [6.45, 7) is 0.694. The predicted molar refractivity (Wildman–Crippen MR) is 88.4 cm³/mol. The summed E-state index contributed by atoms with van der Waals surface area (Å²) >= 11 is 0. The molecule has 0 aliphatic carbocycles. The Morgan fingerprint density at radius 1 is 1.25 bits per heavy atom. The molecule has 3 rings (SSSR count). The smallest absolute Gasteiger partial charge is 0.244 e. The highest BCUT2D eigenvalue weighted by molar-refractivity contribution is 7.89. The van der Waals surface area contributed by atoms with Crippen molar-refractivity contribution in [3.05, 3.63) is 36.7 Å². The van der Waals surface area contributed by atoms with Crippen molar-refractivity contribution in [1.82, 2.24) is 19.5 Å². The van der Waals surface area contributed by atoms with Crippen LogP contribution in [0.4, 0.5) is 5.82 Å². The molecule has 0 N–H and O–H groups in total. The number of ether oxygens (including phenoxy) is 1. The average molecular weight is 349 g/mol.